The SMILES string of the molecule is Cc1cnc(CNC(=O)COCC(=O)O)o1. The number of nitrogens with zero attached hydrogens (tertiary/aromatic N) is 1. The van der Waals surface area contributed by atoms with Gasteiger partial charge in [-0.05, 0) is 6.92 Å². The van der Waals surface area contributed by atoms with Crippen molar-refractivity contribution in [3.63, 3.8) is 0 Å². The van der Waals surface area contributed by atoms with E-state index in [2.05, 4.69) is 15.0 Å². The predicted molar refractivity (Wildman–Crippen MR) is 51.5 cm³/mol. The summed E-state index contributed by atoms with van der Waals surface area (Å²) in [6.07, 6.45) is 1.54. The van der Waals surface area contributed by atoms with E-state index < -0.39 is 18.5 Å². The fraction of sp³-hybridized carbons (Fsp3) is 0.444. The number of aromatic nitrogens is 1. The van der Waals surface area contributed by atoms with Crippen LogP contribution in [0.2, 0.25) is 0 Å². The summed E-state index contributed by atoms with van der Waals surface area (Å²) in [6.45, 7) is 1.11. The first-order valence-corrected chi connectivity index (χ1v) is 4.55. The number of hydrogen-bond acceptors (Lipinski definition) is 5. The maximum Gasteiger partial charge on any atom is 0.329 e. The Morgan fingerprint density at radius 2 is 2.31 bits per heavy atom. The van der Waals surface area contributed by atoms with Gasteiger partial charge in [-0.3, -0.25) is 4.79 Å². The van der Waals surface area contributed by atoms with Gasteiger partial charge in [-0.15, -0.1) is 0 Å². The number of carboxylic acids is 1. The Hall–Kier alpha value is -1.89. The van der Waals surface area contributed by atoms with Crippen LogP contribution >= 0.6 is 0 Å². The molecular weight excluding hydrogens is 216 g/mol. The fourth-order valence-corrected chi connectivity index (χ4v) is 0.939. The molecule has 0 aromatic carbocycles. The number of carbonyl (C=O) groups excluding carboxylic acids is 1. The molecule has 0 spiro atoms. The van der Waals surface area contributed by atoms with Crippen molar-refractivity contribution in [1.82, 2.24) is 10.3 Å². The van der Waals surface area contributed by atoms with Gasteiger partial charge in [-0.2, -0.15) is 0 Å². The molecule has 0 bridgehead atoms. The molecule has 0 saturated heterocycles. The van der Waals surface area contributed by atoms with Gasteiger partial charge in [0.15, 0.2) is 0 Å². The van der Waals surface area contributed by atoms with Crippen LogP contribution < -0.4 is 5.32 Å². The van der Waals surface area contributed by atoms with Gasteiger partial charge in [0.2, 0.25) is 11.8 Å². The van der Waals surface area contributed by atoms with Gasteiger partial charge >= 0.3 is 5.97 Å². The van der Waals surface area contributed by atoms with Crippen LogP contribution in [0.3, 0.4) is 0 Å². The molecule has 0 aliphatic heterocycles. The van der Waals surface area contributed by atoms with E-state index in [1.54, 1.807) is 13.1 Å². The van der Waals surface area contributed by atoms with Crippen LogP contribution in [0, 0.1) is 6.92 Å². The molecule has 0 fully saturated rings. The summed E-state index contributed by atoms with van der Waals surface area (Å²) in [6, 6.07) is 0. The molecule has 1 aromatic heterocycles. The number of aliphatic carboxylic acids is 1. The van der Waals surface area contributed by atoms with E-state index in [1.807, 2.05) is 0 Å². The van der Waals surface area contributed by atoms with Crippen LogP contribution in [0.1, 0.15) is 11.7 Å². The van der Waals surface area contributed by atoms with E-state index in [1.165, 1.54) is 0 Å². The van der Waals surface area contributed by atoms with Gasteiger partial charge in [0.05, 0.1) is 12.7 Å². The zero-order valence-corrected chi connectivity index (χ0v) is 8.73. The van der Waals surface area contributed by atoms with Crippen molar-refractivity contribution in [2.45, 2.75) is 13.5 Å². The van der Waals surface area contributed by atoms with Crippen molar-refractivity contribution >= 4 is 11.9 Å². The number of amides is 1. The van der Waals surface area contributed by atoms with E-state index in [-0.39, 0.29) is 13.2 Å². The van der Waals surface area contributed by atoms with Crippen LogP contribution in [0.5, 0.6) is 0 Å². The lowest BCUT2D eigenvalue weighted by atomic mass is 10.5. The number of nitrogens with one attached hydrogen (secondary N) is 1. The molecule has 0 atom stereocenters. The summed E-state index contributed by atoms with van der Waals surface area (Å²) in [5, 5.41) is 10.7. The molecular formula is C9H12N2O5. The first-order valence-electron chi connectivity index (χ1n) is 4.55. The highest BCUT2D eigenvalue weighted by molar-refractivity contribution is 5.77. The van der Waals surface area contributed by atoms with Gasteiger partial charge < -0.3 is 19.6 Å². The fourth-order valence-electron chi connectivity index (χ4n) is 0.939. The number of hydrogen-bond donors (Lipinski definition) is 2. The minimum absolute atomic E-state index is 0.156. The van der Waals surface area contributed by atoms with Crippen molar-refractivity contribution in [1.29, 1.82) is 0 Å². The van der Waals surface area contributed by atoms with Crippen LogP contribution in [-0.2, 0) is 20.9 Å². The summed E-state index contributed by atoms with van der Waals surface area (Å²) in [4.78, 5) is 25.1. The third kappa shape index (κ3) is 4.56. The predicted octanol–water partition coefficient (Wildman–Crippen LogP) is -0.300. The highest BCUT2D eigenvalue weighted by atomic mass is 16.5. The second-order valence-corrected chi connectivity index (χ2v) is 3.03. The van der Waals surface area contributed by atoms with E-state index >= 15 is 0 Å². The lowest BCUT2D eigenvalue weighted by Crippen LogP contribution is -2.28. The number of oxazole rings is 1. The quantitative estimate of drug-likeness (QED) is 0.693. The number of aryl methyl sites for hydroxylation is 1. The summed E-state index contributed by atoms with van der Waals surface area (Å²) in [5.41, 5.74) is 0. The van der Waals surface area contributed by atoms with E-state index in [0.717, 1.165) is 0 Å². The van der Waals surface area contributed by atoms with Crippen LogP contribution in [0.25, 0.3) is 0 Å². The normalized spacial score (nSPS) is 10.1. The minimum atomic E-state index is -1.11. The lowest BCUT2D eigenvalue weighted by Gasteiger charge is -2.02. The molecule has 0 unspecified atom stereocenters. The molecule has 7 nitrogen and oxygen atoms in total. The number of carboxylic acid groups (broad SMARTS) is 1. The smallest absolute Gasteiger partial charge is 0.329 e. The Balaban J connectivity index is 2.17. The second kappa shape index (κ2) is 5.86. The number of carbonyl (C=O) groups is 2. The average Bonchev–Trinajstić information content (AvgIpc) is 2.61. The van der Waals surface area contributed by atoms with Crippen LogP contribution in [-0.4, -0.2) is 35.2 Å². The largest absolute Gasteiger partial charge is 0.480 e. The summed E-state index contributed by atoms with van der Waals surface area (Å²) < 4.78 is 9.70. The molecule has 0 aliphatic rings. The summed E-state index contributed by atoms with van der Waals surface area (Å²) in [5.74, 6) is -0.483. The monoisotopic (exact) mass is 228 g/mol. The standard InChI is InChI=1S/C9H12N2O5/c1-6-2-11-8(16-6)3-10-7(12)4-15-5-9(13)14/h2H,3-5H2,1H3,(H,10,12)(H,13,14). The van der Waals surface area contributed by atoms with E-state index in [0.29, 0.717) is 11.7 Å². The molecule has 2 N–H and O–H groups in total. The van der Waals surface area contributed by atoms with Gasteiger partial charge in [-0.25, -0.2) is 9.78 Å². The number of ether oxygens (including phenoxy) is 1. The van der Waals surface area contributed by atoms with E-state index in [4.69, 9.17) is 9.52 Å². The molecule has 1 rings (SSSR count). The van der Waals surface area contributed by atoms with Crippen LogP contribution in [0.15, 0.2) is 10.6 Å². The Bertz CT molecular complexity index is 374. The third-order valence-electron chi connectivity index (χ3n) is 1.56. The van der Waals surface area contributed by atoms with Crippen LogP contribution in [0.4, 0.5) is 0 Å². The molecule has 0 saturated carbocycles. The molecule has 1 heterocycles. The van der Waals surface area contributed by atoms with Gasteiger partial charge in [-0.1, -0.05) is 0 Å². The highest BCUT2D eigenvalue weighted by Gasteiger charge is 2.05. The molecule has 0 aliphatic carbocycles. The van der Waals surface area contributed by atoms with Gasteiger partial charge in [0.1, 0.15) is 19.0 Å². The molecule has 16 heavy (non-hydrogen) atoms. The Labute approximate surface area is 91.4 Å². The summed E-state index contributed by atoms with van der Waals surface area (Å²) >= 11 is 0. The van der Waals surface area contributed by atoms with Crippen molar-refractivity contribution in [2.75, 3.05) is 13.2 Å². The van der Waals surface area contributed by atoms with Crippen molar-refractivity contribution in [3.8, 4) is 0 Å². The lowest BCUT2D eigenvalue weighted by molar-refractivity contribution is -0.143. The van der Waals surface area contributed by atoms with Crippen molar-refractivity contribution in [3.05, 3.63) is 17.8 Å². The Kier molecular flexibility index (Phi) is 4.46. The Morgan fingerprint density at radius 3 is 2.88 bits per heavy atom. The third-order valence-corrected chi connectivity index (χ3v) is 1.56. The first-order chi connectivity index (χ1) is 7.58. The zero-order valence-electron chi connectivity index (χ0n) is 8.73. The minimum Gasteiger partial charge on any atom is -0.480 e. The maximum atomic E-state index is 11.1. The van der Waals surface area contributed by atoms with Gasteiger partial charge in [0, 0.05) is 0 Å². The number of rotatable bonds is 6. The first kappa shape index (κ1) is 12.2. The highest BCUT2D eigenvalue weighted by Crippen LogP contribution is 2.00. The van der Waals surface area contributed by atoms with E-state index in [9.17, 15) is 9.59 Å². The molecule has 0 radical (unpaired) electrons. The second-order valence-electron chi connectivity index (χ2n) is 3.03. The summed E-state index contributed by atoms with van der Waals surface area (Å²) in [7, 11) is 0. The molecule has 88 valence electrons. The maximum absolute atomic E-state index is 11.1. The molecule has 1 amide bonds. The van der Waals surface area contributed by atoms with Gasteiger partial charge in [0.25, 0.3) is 0 Å². The van der Waals surface area contributed by atoms with Crippen molar-refractivity contribution in [2.24, 2.45) is 0 Å². The molecule has 1 aromatic rings. The van der Waals surface area contributed by atoms with Crippen molar-refractivity contribution < 1.29 is 23.8 Å². The molecule has 7 heteroatoms. The average molecular weight is 228 g/mol. The zero-order chi connectivity index (χ0) is 12.0. The Morgan fingerprint density at radius 1 is 1.56 bits per heavy atom. The topological polar surface area (TPSA) is 102 Å².